The van der Waals surface area contributed by atoms with Gasteiger partial charge in [-0.1, -0.05) is 60.2 Å². The van der Waals surface area contributed by atoms with E-state index >= 15 is 0 Å². The fourth-order valence-electron chi connectivity index (χ4n) is 6.92. The molecule has 0 aromatic heterocycles. The van der Waals surface area contributed by atoms with Gasteiger partial charge in [0.15, 0.2) is 0 Å². The summed E-state index contributed by atoms with van der Waals surface area (Å²) in [6.45, 7) is 4.93. The lowest BCUT2D eigenvalue weighted by Crippen LogP contribution is -2.31. The lowest BCUT2D eigenvalue weighted by Gasteiger charge is -2.33. The minimum Gasteiger partial charge on any atom is -0.394 e. The molecule has 2 aliphatic rings. The molecule has 256 valence electrons. The van der Waals surface area contributed by atoms with Crippen LogP contribution in [0.15, 0.2) is 60.7 Å². The first-order valence-corrected chi connectivity index (χ1v) is 17.0. The van der Waals surface area contributed by atoms with Crippen LogP contribution in [0.5, 0.6) is 0 Å². The minimum atomic E-state index is -0.575. The SMILES string of the molecule is COCCOCCCC1(CCCOCCO)c2cc(C)ccc2-c2ccc(-c3ccc(CCCC(=O)ON4C(=O)CCC4=O)cc3)cc21. The number of amides is 2. The van der Waals surface area contributed by atoms with Crippen molar-refractivity contribution in [1.82, 2.24) is 5.06 Å². The van der Waals surface area contributed by atoms with Crippen molar-refractivity contribution in [2.24, 2.45) is 0 Å². The van der Waals surface area contributed by atoms with Crippen molar-refractivity contribution in [3.8, 4) is 22.3 Å². The molecule has 3 aromatic rings. The van der Waals surface area contributed by atoms with Crippen LogP contribution >= 0.6 is 0 Å². The summed E-state index contributed by atoms with van der Waals surface area (Å²) >= 11 is 0. The van der Waals surface area contributed by atoms with Crippen molar-refractivity contribution in [3.05, 3.63) is 82.9 Å². The first-order chi connectivity index (χ1) is 23.4. The Morgan fingerprint density at radius 3 is 2.06 bits per heavy atom. The summed E-state index contributed by atoms with van der Waals surface area (Å²) in [7, 11) is 1.68. The molecule has 1 N–H and O–H groups in total. The Balaban J connectivity index is 1.32. The summed E-state index contributed by atoms with van der Waals surface area (Å²) in [5, 5.41) is 9.82. The molecule has 2 amide bonds. The molecular formula is C39H47NO8. The quantitative estimate of drug-likeness (QED) is 0.122. The fourth-order valence-corrected chi connectivity index (χ4v) is 6.92. The molecule has 1 atom stereocenters. The number of benzene rings is 3. The van der Waals surface area contributed by atoms with Crippen LogP contribution in [-0.2, 0) is 45.3 Å². The molecule has 1 fully saturated rings. The smallest absolute Gasteiger partial charge is 0.333 e. The number of aliphatic hydroxyl groups is 1. The number of carbonyl (C=O) groups excluding carboxylic acids is 3. The highest BCUT2D eigenvalue weighted by atomic mass is 16.7. The first-order valence-electron chi connectivity index (χ1n) is 17.0. The highest BCUT2D eigenvalue weighted by Gasteiger charge is 2.42. The van der Waals surface area contributed by atoms with Crippen LogP contribution in [-0.4, -0.2) is 74.7 Å². The van der Waals surface area contributed by atoms with E-state index < -0.39 is 17.8 Å². The van der Waals surface area contributed by atoms with Crippen LogP contribution < -0.4 is 0 Å². The lowest BCUT2D eigenvalue weighted by atomic mass is 9.71. The number of fused-ring (bicyclic) bond motifs is 3. The Bertz CT molecular complexity index is 1550. The molecule has 0 radical (unpaired) electrons. The Labute approximate surface area is 283 Å². The molecule has 0 saturated carbocycles. The zero-order chi connectivity index (χ0) is 33.9. The van der Waals surface area contributed by atoms with Gasteiger partial charge >= 0.3 is 5.97 Å². The van der Waals surface area contributed by atoms with Crippen LogP contribution in [0.3, 0.4) is 0 Å². The highest BCUT2D eigenvalue weighted by Crippen LogP contribution is 2.54. The molecule has 1 aliphatic heterocycles. The van der Waals surface area contributed by atoms with E-state index in [0.29, 0.717) is 50.9 Å². The largest absolute Gasteiger partial charge is 0.394 e. The molecule has 9 heteroatoms. The minimum absolute atomic E-state index is 0.0204. The third kappa shape index (κ3) is 8.39. The van der Waals surface area contributed by atoms with Gasteiger partial charge in [0.05, 0.1) is 26.4 Å². The van der Waals surface area contributed by atoms with Crippen molar-refractivity contribution >= 4 is 17.8 Å². The van der Waals surface area contributed by atoms with Gasteiger partial charge in [-0.05, 0) is 90.5 Å². The predicted octanol–water partition coefficient (Wildman–Crippen LogP) is 6.09. The molecule has 48 heavy (non-hydrogen) atoms. The van der Waals surface area contributed by atoms with Gasteiger partial charge in [-0.15, -0.1) is 5.06 Å². The molecule has 1 saturated heterocycles. The monoisotopic (exact) mass is 657 g/mol. The Kier molecular flexibility index (Phi) is 12.5. The number of aryl methyl sites for hydroxylation is 2. The first kappa shape index (κ1) is 35.4. The Hall–Kier alpha value is -3.89. The maximum atomic E-state index is 12.2. The maximum absolute atomic E-state index is 12.2. The Morgan fingerprint density at radius 1 is 0.771 bits per heavy atom. The zero-order valence-electron chi connectivity index (χ0n) is 28.1. The molecule has 1 unspecified atom stereocenters. The van der Waals surface area contributed by atoms with Gasteiger partial charge in [-0.3, -0.25) is 9.59 Å². The number of imide groups is 1. The van der Waals surface area contributed by atoms with E-state index in [9.17, 15) is 19.5 Å². The molecule has 1 heterocycles. The summed E-state index contributed by atoms with van der Waals surface area (Å²) in [5.41, 5.74) is 9.64. The molecule has 0 spiro atoms. The number of aliphatic hydroxyl groups excluding tert-OH is 1. The van der Waals surface area contributed by atoms with Crippen LogP contribution in [0.25, 0.3) is 22.3 Å². The van der Waals surface area contributed by atoms with Crippen molar-refractivity contribution < 1.29 is 38.5 Å². The van der Waals surface area contributed by atoms with E-state index in [0.717, 1.165) is 42.4 Å². The van der Waals surface area contributed by atoms with Crippen molar-refractivity contribution in [2.45, 2.75) is 70.1 Å². The highest BCUT2D eigenvalue weighted by molar-refractivity contribution is 6.01. The average molecular weight is 658 g/mol. The third-order valence-corrected chi connectivity index (χ3v) is 9.30. The second-order valence-corrected chi connectivity index (χ2v) is 12.6. The zero-order valence-corrected chi connectivity index (χ0v) is 28.1. The second-order valence-electron chi connectivity index (χ2n) is 12.6. The number of rotatable bonds is 19. The number of hydrogen-bond donors (Lipinski definition) is 1. The van der Waals surface area contributed by atoms with Crippen LogP contribution in [0.1, 0.15) is 73.6 Å². The van der Waals surface area contributed by atoms with E-state index in [2.05, 4.69) is 67.6 Å². The van der Waals surface area contributed by atoms with Gasteiger partial charge < -0.3 is 24.2 Å². The third-order valence-electron chi connectivity index (χ3n) is 9.30. The summed E-state index contributed by atoms with van der Waals surface area (Å²) in [6.07, 6.45) is 5.14. The van der Waals surface area contributed by atoms with Gasteiger partial charge in [0.2, 0.25) is 0 Å². The summed E-state index contributed by atoms with van der Waals surface area (Å²) < 4.78 is 16.7. The van der Waals surface area contributed by atoms with Gasteiger partial charge in [0.25, 0.3) is 11.8 Å². The van der Waals surface area contributed by atoms with E-state index in [1.165, 1.54) is 27.8 Å². The van der Waals surface area contributed by atoms with E-state index in [1.807, 2.05) is 0 Å². The number of methoxy groups -OCH3 is 1. The van der Waals surface area contributed by atoms with E-state index in [4.69, 9.17) is 19.0 Å². The number of carbonyl (C=O) groups is 3. The summed E-state index contributed by atoms with van der Waals surface area (Å²) in [5.74, 6) is -1.51. The molecule has 5 rings (SSSR count). The normalized spacial score (nSPS) is 16.8. The molecule has 1 aliphatic carbocycles. The number of nitrogens with zero attached hydrogens (tertiary/aromatic N) is 1. The van der Waals surface area contributed by atoms with Crippen LogP contribution in [0, 0.1) is 6.92 Å². The molecule has 9 nitrogen and oxygen atoms in total. The van der Waals surface area contributed by atoms with E-state index in [-0.39, 0.29) is 31.3 Å². The summed E-state index contributed by atoms with van der Waals surface area (Å²) in [4.78, 5) is 40.6. The second kappa shape index (κ2) is 17.0. The number of ether oxygens (including phenoxy) is 3. The fraction of sp³-hybridized carbons (Fsp3) is 0.462. The number of hydroxylamine groups is 2. The standard InChI is InChI=1S/C39H47NO8/c1-28-8-14-32-33-15-13-31(30-11-9-29(10-12-30)6-3-7-38(44)48-40-36(42)16-17-37(40)43)27-35(33)39(34(32)26-28,18-4-21-46-23-20-41)19-5-22-47-25-24-45-2/h8-15,26-27,41H,3-7,16-25H2,1-2H3. The average Bonchev–Trinajstić information content (AvgIpc) is 3.54. The van der Waals surface area contributed by atoms with Crippen molar-refractivity contribution in [3.63, 3.8) is 0 Å². The van der Waals surface area contributed by atoms with Gasteiger partial charge in [-0.2, -0.15) is 0 Å². The maximum Gasteiger partial charge on any atom is 0.333 e. The van der Waals surface area contributed by atoms with Gasteiger partial charge in [0.1, 0.15) is 0 Å². The molecular weight excluding hydrogens is 610 g/mol. The number of hydrogen-bond acceptors (Lipinski definition) is 8. The van der Waals surface area contributed by atoms with E-state index in [1.54, 1.807) is 7.11 Å². The molecule has 0 bridgehead atoms. The summed E-state index contributed by atoms with van der Waals surface area (Å²) in [6, 6.07) is 22.0. The van der Waals surface area contributed by atoms with Gasteiger partial charge in [-0.25, -0.2) is 4.79 Å². The molecule has 3 aromatic carbocycles. The van der Waals surface area contributed by atoms with Crippen molar-refractivity contribution in [1.29, 1.82) is 0 Å². The Morgan fingerprint density at radius 2 is 1.40 bits per heavy atom. The lowest BCUT2D eigenvalue weighted by molar-refractivity contribution is -0.197. The predicted molar refractivity (Wildman–Crippen MR) is 182 cm³/mol. The van der Waals surface area contributed by atoms with Gasteiger partial charge in [0, 0.05) is 45.0 Å². The van der Waals surface area contributed by atoms with Crippen LogP contribution in [0.2, 0.25) is 0 Å². The topological polar surface area (TPSA) is 112 Å². The van der Waals surface area contributed by atoms with Crippen molar-refractivity contribution in [2.75, 3.05) is 46.8 Å². The van der Waals surface area contributed by atoms with Crippen LogP contribution in [0.4, 0.5) is 0 Å².